The number of benzene rings is 1. The SMILES string of the molecule is Cc1ccc(C=O)c(C2CCCNC2)c1. The van der Waals surface area contributed by atoms with Gasteiger partial charge in [-0.3, -0.25) is 4.79 Å². The van der Waals surface area contributed by atoms with Crippen LogP contribution in [0.2, 0.25) is 0 Å². The number of rotatable bonds is 2. The zero-order valence-corrected chi connectivity index (χ0v) is 9.12. The van der Waals surface area contributed by atoms with Gasteiger partial charge in [-0.1, -0.05) is 23.8 Å². The van der Waals surface area contributed by atoms with Gasteiger partial charge >= 0.3 is 0 Å². The predicted octanol–water partition coefficient (Wildman–Crippen LogP) is 2.27. The van der Waals surface area contributed by atoms with E-state index < -0.39 is 0 Å². The van der Waals surface area contributed by atoms with Gasteiger partial charge in [0.05, 0.1) is 0 Å². The predicted molar refractivity (Wildman–Crippen MR) is 61.4 cm³/mol. The first-order valence-electron chi connectivity index (χ1n) is 5.57. The first-order chi connectivity index (χ1) is 7.31. The van der Waals surface area contributed by atoms with Crippen LogP contribution in [-0.2, 0) is 0 Å². The number of hydrogen-bond acceptors (Lipinski definition) is 2. The van der Waals surface area contributed by atoms with E-state index in [1.807, 2.05) is 12.1 Å². The summed E-state index contributed by atoms with van der Waals surface area (Å²) in [6.07, 6.45) is 3.37. The summed E-state index contributed by atoms with van der Waals surface area (Å²) < 4.78 is 0. The Hall–Kier alpha value is -1.15. The van der Waals surface area contributed by atoms with Gasteiger partial charge in [-0.15, -0.1) is 0 Å². The minimum atomic E-state index is 0.513. The maximum Gasteiger partial charge on any atom is 0.150 e. The molecular formula is C13H17NO. The minimum absolute atomic E-state index is 0.513. The number of aryl methyl sites for hydroxylation is 1. The molecule has 1 fully saturated rings. The van der Waals surface area contributed by atoms with E-state index in [1.54, 1.807) is 0 Å². The summed E-state index contributed by atoms with van der Waals surface area (Å²) >= 11 is 0. The van der Waals surface area contributed by atoms with Crippen LogP contribution in [0.3, 0.4) is 0 Å². The van der Waals surface area contributed by atoms with Crippen LogP contribution in [0.4, 0.5) is 0 Å². The number of nitrogens with one attached hydrogen (secondary N) is 1. The minimum Gasteiger partial charge on any atom is -0.316 e. The lowest BCUT2D eigenvalue weighted by Gasteiger charge is -2.24. The first kappa shape index (κ1) is 10.4. The average molecular weight is 203 g/mol. The van der Waals surface area contributed by atoms with E-state index in [0.717, 1.165) is 24.9 Å². The zero-order valence-electron chi connectivity index (χ0n) is 9.12. The van der Waals surface area contributed by atoms with Crippen molar-refractivity contribution in [2.24, 2.45) is 0 Å². The number of carbonyl (C=O) groups is 1. The molecule has 1 heterocycles. The molecule has 0 saturated carbocycles. The third-order valence-electron chi connectivity index (χ3n) is 3.11. The van der Waals surface area contributed by atoms with Gasteiger partial charge in [0.1, 0.15) is 6.29 Å². The second-order valence-corrected chi connectivity index (χ2v) is 4.29. The van der Waals surface area contributed by atoms with Crippen LogP contribution in [0.25, 0.3) is 0 Å². The molecular weight excluding hydrogens is 186 g/mol. The van der Waals surface area contributed by atoms with Crippen LogP contribution in [0.1, 0.15) is 40.2 Å². The van der Waals surface area contributed by atoms with Crippen LogP contribution in [0.5, 0.6) is 0 Å². The monoisotopic (exact) mass is 203 g/mol. The van der Waals surface area contributed by atoms with Crippen molar-refractivity contribution in [2.75, 3.05) is 13.1 Å². The first-order valence-corrected chi connectivity index (χ1v) is 5.57. The summed E-state index contributed by atoms with van der Waals surface area (Å²) in [7, 11) is 0. The van der Waals surface area contributed by atoms with Gasteiger partial charge in [0, 0.05) is 12.1 Å². The maximum absolute atomic E-state index is 11.0. The molecule has 1 aromatic carbocycles. The fourth-order valence-electron chi connectivity index (χ4n) is 2.27. The van der Waals surface area contributed by atoms with E-state index in [-0.39, 0.29) is 0 Å². The van der Waals surface area contributed by atoms with Crippen LogP contribution in [-0.4, -0.2) is 19.4 Å². The molecule has 0 radical (unpaired) electrons. The molecule has 2 heteroatoms. The Labute approximate surface area is 90.7 Å². The largest absolute Gasteiger partial charge is 0.316 e. The fourth-order valence-corrected chi connectivity index (χ4v) is 2.27. The summed E-state index contributed by atoms with van der Waals surface area (Å²) in [5, 5.41) is 3.39. The molecule has 0 bridgehead atoms. The van der Waals surface area contributed by atoms with Gasteiger partial charge in [-0.25, -0.2) is 0 Å². The smallest absolute Gasteiger partial charge is 0.150 e. The van der Waals surface area contributed by atoms with E-state index in [2.05, 4.69) is 18.3 Å². The van der Waals surface area contributed by atoms with Gasteiger partial charge in [-0.05, 0) is 37.8 Å². The Kier molecular flexibility index (Phi) is 3.17. The van der Waals surface area contributed by atoms with Gasteiger partial charge in [0.2, 0.25) is 0 Å². The second kappa shape index (κ2) is 4.58. The molecule has 1 aliphatic heterocycles. The van der Waals surface area contributed by atoms with Crippen molar-refractivity contribution in [2.45, 2.75) is 25.7 Å². The molecule has 0 aromatic heterocycles. The lowest BCUT2D eigenvalue weighted by atomic mass is 9.88. The Balaban J connectivity index is 2.31. The number of hydrogen-bond donors (Lipinski definition) is 1. The van der Waals surface area contributed by atoms with Crippen LogP contribution in [0, 0.1) is 6.92 Å². The Morgan fingerprint density at radius 3 is 3.00 bits per heavy atom. The molecule has 1 aromatic rings. The lowest BCUT2D eigenvalue weighted by Crippen LogP contribution is -2.28. The van der Waals surface area contributed by atoms with Crippen molar-refractivity contribution in [3.63, 3.8) is 0 Å². The van der Waals surface area contributed by atoms with Crippen LogP contribution >= 0.6 is 0 Å². The van der Waals surface area contributed by atoms with Crippen LogP contribution < -0.4 is 5.32 Å². The molecule has 0 aliphatic carbocycles. The molecule has 1 aliphatic rings. The van der Waals surface area contributed by atoms with Crippen molar-refractivity contribution in [3.8, 4) is 0 Å². The molecule has 1 N–H and O–H groups in total. The molecule has 15 heavy (non-hydrogen) atoms. The van der Waals surface area contributed by atoms with Crippen LogP contribution in [0.15, 0.2) is 18.2 Å². The highest BCUT2D eigenvalue weighted by Gasteiger charge is 2.17. The van der Waals surface area contributed by atoms with E-state index in [1.165, 1.54) is 24.0 Å². The third kappa shape index (κ3) is 2.26. The Morgan fingerprint density at radius 1 is 1.47 bits per heavy atom. The second-order valence-electron chi connectivity index (χ2n) is 4.29. The molecule has 80 valence electrons. The van der Waals surface area contributed by atoms with E-state index in [4.69, 9.17) is 0 Å². The molecule has 1 atom stereocenters. The quantitative estimate of drug-likeness (QED) is 0.747. The molecule has 1 unspecified atom stereocenters. The van der Waals surface area contributed by atoms with Crippen molar-refractivity contribution >= 4 is 6.29 Å². The highest BCUT2D eigenvalue weighted by molar-refractivity contribution is 5.77. The van der Waals surface area contributed by atoms with Crippen molar-refractivity contribution in [1.29, 1.82) is 0 Å². The molecule has 2 rings (SSSR count). The average Bonchev–Trinajstić information content (AvgIpc) is 2.30. The zero-order chi connectivity index (χ0) is 10.7. The Bertz CT molecular complexity index is 354. The highest BCUT2D eigenvalue weighted by Crippen LogP contribution is 2.26. The van der Waals surface area contributed by atoms with E-state index in [9.17, 15) is 4.79 Å². The lowest BCUT2D eigenvalue weighted by molar-refractivity contribution is 0.112. The molecule has 1 saturated heterocycles. The van der Waals surface area contributed by atoms with Gasteiger partial charge in [0.25, 0.3) is 0 Å². The number of carbonyl (C=O) groups excluding carboxylic acids is 1. The maximum atomic E-state index is 11.0. The molecule has 0 amide bonds. The van der Waals surface area contributed by atoms with Crippen molar-refractivity contribution < 1.29 is 4.79 Å². The van der Waals surface area contributed by atoms with E-state index in [0.29, 0.717) is 5.92 Å². The van der Waals surface area contributed by atoms with Crippen molar-refractivity contribution in [1.82, 2.24) is 5.32 Å². The molecule has 0 spiro atoms. The van der Waals surface area contributed by atoms with E-state index >= 15 is 0 Å². The number of piperidine rings is 1. The highest BCUT2D eigenvalue weighted by atomic mass is 16.1. The standard InChI is InChI=1S/C13H17NO/c1-10-4-5-12(9-15)13(7-10)11-3-2-6-14-8-11/h4-5,7,9,11,14H,2-3,6,8H2,1H3. The fraction of sp³-hybridized carbons (Fsp3) is 0.462. The summed E-state index contributed by atoms with van der Waals surface area (Å²) in [6, 6.07) is 6.09. The van der Waals surface area contributed by atoms with Crippen molar-refractivity contribution in [3.05, 3.63) is 34.9 Å². The van der Waals surface area contributed by atoms with Gasteiger partial charge < -0.3 is 5.32 Å². The summed E-state index contributed by atoms with van der Waals surface area (Å²) in [5.41, 5.74) is 3.31. The number of aldehydes is 1. The normalized spacial score (nSPS) is 21.3. The summed E-state index contributed by atoms with van der Waals surface area (Å²) in [4.78, 5) is 11.0. The topological polar surface area (TPSA) is 29.1 Å². The summed E-state index contributed by atoms with van der Waals surface area (Å²) in [5.74, 6) is 0.513. The molecule has 2 nitrogen and oxygen atoms in total. The van der Waals surface area contributed by atoms with Gasteiger partial charge in [0.15, 0.2) is 0 Å². The Morgan fingerprint density at radius 2 is 2.33 bits per heavy atom. The van der Waals surface area contributed by atoms with Gasteiger partial charge in [-0.2, -0.15) is 0 Å². The third-order valence-corrected chi connectivity index (χ3v) is 3.11. The summed E-state index contributed by atoms with van der Waals surface area (Å²) in [6.45, 7) is 4.19.